The Balaban J connectivity index is 1.44. The highest BCUT2D eigenvalue weighted by Crippen LogP contribution is 2.21. The first-order valence-corrected chi connectivity index (χ1v) is 9.66. The van der Waals surface area contributed by atoms with Crippen LogP contribution in [0.3, 0.4) is 0 Å². The maximum atomic E-state index is 12.8. The number of benzene rings is 1. The summed E-state index contributed by atoms with van der Waals surface area (Å²) in [5.41, 5.74) is 3.31. The van der Waals surface area contributed by atoms with Crippen molar-refractivity contribution >= 4 is 29.2 Å². The smallest absolute Gasteiger partial charge is 0.332 e. The van der Waals surface area contributed by atoms with Gasteiger partial charge in [0.25, 0.3) is 5.91 Å². The minimum Gasteiger partial charge on any atom is -0.361 e. The third-order valence-electron chi connectivity index (χ3n) is 5.03. The van der Waals surface area contributed by atoms with Gasteiger partial charge in [0.15, 0.2) is 0 Å². The van der Waals surface area contributed by atoms with Crippen LogP contribution in [-0.4, -0.2) is 40.2 Å². The summed E-state index contributed by atoms with van der Waals surface area (Å²) in [6.07, 6.45) is 4.02. The summed E-state index contributed by atoms with van der Waals surface area (Å²) in [6.45, 7) is 4.75. The summed E-state index contributed by atoms with van der Waals surface area (Å²) in [5, 5.41) is 7.66. The minimum atomic E-state index is -0.319. The lowest BCUT2D eigenvalue weighted by Gasteiger charge is -2.15. The van der Waals surface area contributed by atoms with Crippen molar-refractivity contribution in [2.45, 2.75) is 26.8 Å². The second kappa shape index (κ2) is 7.71. The van der Waals surface area contributed by atoms with E-state index in [0.717, 1.165) is 22.6 Å². The number of hydrogen-bond donors (Lipinski definition) is 1. The number of nitrogens with zero attached hydrogens (tertiary/aromatic N) is 4. The van der Waals surface area contributed by atoms with Crippen molar-refractivity contribution in [2.24, 2.45) is 0 Å². The fourth-order valence-electron chi connectivity index (χ4n) is 3.43. The fraction of sp³-hybridized carbons (Fsp3) is 0.300. The third kappa shape index (κ3) is 3.88. The Labute approximate surface area is 172 Å². The number of carbonyl (C=O) groups is 2. The minimum absolute atomic E-state index is 0.0639. The Morgan fingerprint density at radius 3 is 2.86 bits per heavy atom. The van der Waals surface area contributed by atoms with Crippen LogP contribution in [0.4, 0.5) is 10.5 Å². The molecular weight excluding hydrogens is 394 g/mol. The standard InChI is InChI=1S/C20H20ClN5O3/c1-13-18(14(2)29-23-13)11-25-10-17(9-22-25)26-19(27)12-24(20(26)28)7-6-15-4-3-5-16(21)8-15/h3-5,8-10H,6-7,11-12H2,1-2H3/p+1. The Hall–Kier alpha value is -3.13. The average Bonchev–Trinajstić information content (AvgIpc) is 3.34. The summed E-state index contributed by atoms with van der Waals surface area (Å²) in [4.78, 5) is 28.0. The van der Waals surface area contributed by atoms with Crippen LogP contribution in [-0.2, 0) is 17.8 Å². The molecule has 29 heavy (non-hydrogen) atoms. The lowest BCUT2D eigenvalue weighted by molar-refractivity contribution is -0.742. The Kier molecular flexibility index (Phi) is 5.10. The van der Waals surface area contributed by atoms with Gasteiger partial charge in [-0.25, -0.2) is 9.69 Å². The molecule has 3 aromatic rings. The number of amides is 3. The number of imide groups is 1. The first kappa shape index (κ1) is 19.2. The van der Waals surface area contributed by atoms with Crippen molar-refractivity contribution in [3.63, 3.8) is 0 Å². The first-order valence-electron chi connectivity index (χ1n) is 9.28. The molecule has 2 aromatic heterocycles. The van der Waals surface area contributed by atoms with Crippen LogP contribution >= 0.6 is 11.6 Å². The molecule has 1 aliphatic rings. The summed E-state index contributed by atoms with van der Waals surface area (Å²) < 4.78 is 6.97. The summed E-state index contributed by atoms with van der Waals surface area (Å²) in [5.74, 6) is 0.497. The molecule has 0 aliphatic carbocycles. The van der Waals surface area contributed by atoms with Crippen LogP contribution in [0.1, 0.15) is 22.6 Å². The Morgan fingerprint density at radius 1 is 1.31 bits per heavy atom. The van der Waals surface area contributed by atoms with Gasteiger partial charge in [0, 0.05) is 11.6 Å². The molecule has 150 valence electrons. The van der Waals surface area contributed by atoms with E-state index in [4.69, 9.17) is 16.1 Å². The topological polar surface area (TPSA) is 86.3 Å². The second-order valence-corrected chi connectivity index (χ2v) is 7.51. The lowest BCUT2D eigenvalue weighted by atomic mass is 10.1. The molecule has 1 fully saturated rings. The number of aryl methyl sites for hydroxylation is 2. The molecule has 1 aliphatic heterocycles. The average molecular weight is 415 g/mol. The first-order chi connectivity index (χ1) is 13.9. The van der Waals surface area contributed by atoms with Crippen molar-refractivity contribution in [3.05, 3.63) is 64.3 Å². The maximum absolute atomic E-state index is 12.8. The molecular formula is C20H21ClN5O3+. The van der Waals surface area contributed by atoms with Crippen molar-refractivity contribution in [2.75, 3.05) is 18.0 Å². The van der Waals surface area contributed by atoms with Gasteiger partial charge in [0.2, 0.25) is 12.7 Å². The Bertz CT molecular complexity index is 1050. The number of urea groups is 1. The molecule has 3 amide bonds. The van der Waals surface area contributed by atoms with E-state index in [9.17, 15) is 9.59 Å². The van der Waals surface area contributed by atoms with E-state index in [1.165, 1.54) is 4.90 Å². The van der Waals surface area contributed by atoms with E-state index in [0.29, 0.717) is 30.2 Å². The zero-order valence-electron chi connectivity index (χ0n) is 16.2. The highest BCUT2D eigenvalue weighted by molar-refractivity contribution is 6.30. The van der Waals surface area contributed by atoms with Crippen molar-refractivity contribution in [3.8, 4) is 0 Å². The zero-order chi connectivity index (χ0) is 20.5. The van der Waals surface area contributed by atoms with Crippen LogP contribution in [0.25, 0.3) is 0 Å². The number of H-pyrrole nitrogens is 1. The predicted molar refractivity (Wildman–Crippen MR) is 106 cm³/mol. The Morgan fingerprint density at radius 2 is 2.14 bits per heavy atom. The van der Waals surface area contributed by atoms with E-state index >= 15 is 0 Å². The SMILES string of the molecule is Cc1noc(C)c1C[n+]1cc(N2C(=O)CN(CCc3cccc(Cl)c3)C2=O)c[nH]1. The number of rotatable bonds is 6. The van der Waals surface area contributed by atoms with Gasteiger partial charge in [0.1, 0.15) is 18.0 Å². The normalized spacial score (nSPS) is 14.3. The molecule has 8 nitrogen and oxygen atoms in total. The third-order valence-corrected chi connectivity index (χ3v) is 5.27. The van der Waals surface area contributed by atoms with Crippen LogP contribution in [0.5, 0.6) is 0 Å². The number of halogens is 1. The zero-order valence-corrected chi connectivity index (χ0v) is 16.9. The molecule has 1 N–H and O–H groups in total. The predicted octanol–water partition coefficient (Wildman–Crippen LogP) is 2.62. The van der Waals surface area contributed by atoms with E-state index < -0.39 is 0 Å². The molecule has 0 atom stereocenters. The molecule has 1 saturated heterocycles. The monoisotopic (exact) mass is 414 g/mol. The molecule has 9 heteroatoms. The molecule has 0 spiro atoms. The second-order valence-electron chi connectivity index (χ2n) is 7.07. The van der Waals surface area contributed by atoms with Gasteiger partial charge in [-0.3, -0.25) is 4.79 Å². The van der Waals surface area contributed by atoms with Crippen molar-refractivity contribution in [1.82, 2.24) is 15.2 Å². The largest absolute Gasteiger partial charge is 0.361 e. The van der Waals surface area contributed by atoms with E-state index in [-0.39, 0.29) is 18.5 Å². The molecule has 0 unspecified atom stereocenters. The summed E-state index contributed by atoms with van der Waals surface area (Å²) in [6, 6.07) is 7.18. The van der Waals surface area contributed by atoms with E-state index in [1.807, 2.05) is 32.0 Å². The molecule has 0 bridgehead atoms. The molecule has 3 heterocycles. The number of carbonyl (C=O) groups excluding carboxylic acids is 2. The quantitative estimate of drug-likeness (QED) is 0.496. The van der Waals surface area contributed by atoms with Crippen molar-refractivity contribution < 1.29 is 18.8 Å². The van der Waals surface area contributed by atoms with Crippen LogP contribution in [0, 0.1) is 13.8 Å². The van der Waals surface area contributed by atoms with Gasteiger partial charge in [-0.15, -0.1) is 4.68 Å². The van der Waals surface area contributed by atoms with Gasteiger partial charge >= 0.3 is 6.03 Å². The highest BCUT2D eigenvalue weighted by Gasteiger charge is 2.38. The fourth-order valence-corrected chi connectivity index (χ4v) is 3.64. The summed E-state index contributed by atoms with van der Waals surface area (Å²) >= 11 is 6.01. The van der Waals surface area contributed by atoms with Gasteiger partial charge in [0.05, 0.1) is 17.5 Å². The van der Waals surface area contributed by atoms with E-state index in [1.54, 1.807) is 28.0 Å². The van der Waals surface area contributed by atoms with Gasteiger partial charge < -0.3 is 9.42 Å². The number of aromatic amines is 1. The highest BCUT2D eigenvalue weighted by atomic mass is 35.5. The maximum Gasteiger partial charge on any atom is 0.332 e. The molecule has 0 radical (unpaired) electrons. The number of hydrogen-bond acceptors (Lipinski definition) is 4. The molecule has 0 saturated carbocycles. The van der Waals surface area contributed by atoms with Gasteiger partial charge in [-0.05, 0) is 38.0 Å². The number of aromatic nitrogens is 3. The van der Waals surface area contributed by atoms with Crippen LogP contribution < -0.4 is 9.58 Å². The molecule has 1 aromatic carbocycles. The summed E-state index contributed by atoms with van der Waals surface area (Å²) in [7, 11) is 0. The number of anilines is 1. The van der Waals surface area contributed by atoms with E-state index in [2.05, 4.69) is 10.3 Å². The van der Waals surface area contributed by atoms with Gasteiger partial charge in [-0.1, -0.05) is 28.9 Å². The van der Waals surface area contributed by atoms with Crippen LogP contribution in [0.2, 0.25) is 5.02 Å². The lowest BCUT2D eigenvalue weighted by Crippen LogP contribution is -2.37. The van der Waals surface area contributed by atoms with Gasteiger partial charge in [-0.2, -0.15) is 5.10 Å². The van der Waals surface area contributed by atoms with Crippen LogP contribution in [0.15, 0.2) is 41.2 Å². The molecule has 4 rings (SSSR count). The van der Waals surface area contributed by atoms with Crippen molar-refractivity contribution in [1.29, 1.82) is 0 Å². The number of nitrogens with one attached hydrogen (secondary N) is 1.